The van der Waals surface area contributed by atoms with Crippen molar-refractivity contribution in [1.82, 2.24) is 9.80 Å². The molecule has 1 fully saturated rings. The Balaban J connectivity index is 2.11. The molecular weight excluding hydrogens is 256 g/mol. The Bertz CT molecular complexity index is 528. The zero-order chi connectivity index (χ0) is 14.7. The van der Waals surface area contributed by atoms with Crippen LogP contribution in [0.2, 0.25) is 0 Å². The highest BCUT2D eigenvalue weighted by Crippen LogP contribution is 2.18. The number of hydrogen-bond acceptors (Lipinski definition) is 3. The average Bonchev–Trinajstić information content (AvgIpc) is 2.63. The number of carbonyl (C=O) groups excluding carboxylic acids is 2. The summed E-state index contributed by atoms with van der Waals surface area (Å²) in [5.74, 6) is 0.186. The fourth-order valence-corrected chi connectivity index (χ4v) is 2.49. The molecule has 0 unspecified atom stereocenters. The summed E-state index contributed by atoms with van der Waals surface area (Å²) in [4.78, 5) is 27.4. The number of aromatic hydroxyl groups is 1. The van der Waals surface area contributed by atoms with E-state index in [2.05, 4.69) is 0 Å². The van der Waals surface area contributed by atoms with Crippen molar-refractivity contribution in [3.8, 4) is 5.75 Å². The molecule has 5 nitrogen and oxygen atoms in total. The zero-order valence-electron chi connectivity index (χ0n) is 11.9. The van der Waals surface area contributed by atoms with Gasteiger partial charge >= 0.3 is 0 Å². The van der Waals surface area contributed by atoms with Crippen LogP contribution in [0.1, 0.15) is 29.3 Å². The van der Waals surface area contributed by atoms with E-state index in [9.17, 15) is 14.7 Å². The molecule has 0 atom stereocenters. The molecule has 0 spiro atoms. The third-order valence-corrected chi connectivity index (χ3v) is 3.67. The minimum Gasteiger partial charge on any atom is -0.508 e. The number of phenols is 1. The summed E-state index contributed by atoms with van der Waals surface area (Å²) < 4.78 is 0. The normalized spacial score (nSPS) is 15.9. The van der Waals surface area contributed by atoms with Crippen LogP contribution >= 0.6 is 0 Å². The summed E-state index contributed by atoms with van der Waals surface area (Å²) in [6.07, 6.45) is 0.794. The van der Waals surface area contributed by atoms with Crippen molar-refractivity contribution in [2.75, 3.05) is 26.2 Å². The predicted octanol–water partition coefficient (Wildman–Crippen LogP) is 1.40. The molecule has 1 aromatic carbocycles. The van der Waals surface area contributed by atoms with Gasteiger partial charge in [0, 0.05) is 38.7 Å². The Morgan fingerprint density at radius 1 is 1.10 bits per heavy atom. The molecule has 0 aromatic heterocycles. The van der Waals surface area contributed by atoms with Gasteiger partial charge < -0.3 is 14.9 Å². The summed E-state index contributed by atoms with van der Waals surface area (Å²) in [6.45, 7) is 5.86. The van der Waals surface area contributed by atoms with Crippen LogP contribution in [-0.2, 0) is 4.79 Å². The van der Waals surface area contributed by atoms with E-state index < -0.39 is 0 Å². The van der Waals surface area contributed by atoms with Gasteiger partial charge in [-0.1, -0.05) is 0 Å². The Morgan fingerprint density at radius 3 is 2.40 bits per heavy atom. The van der Waals surface area contributed by atoms with Crippen molar-refractivity contribution in [2.24, 2.45) is 0 Å². The second kappa shape index (κ2) is 5.94. The first-order valence-corrected chi connectivity index (χ1v) is 6.83. The largest absolute Gasteiger partial charge is 0.508 e. The molecule has 2 rings (SSSR count). The van der Waals surface area contributed by atoms with E-state index >= 15 is 0 Å². The quantitative estimate of drug-likeness (QED) is 0.843. The average molecular weight is 276 g/mol. The Kier molecular flexibility index (Phi) is 4.27. The first-order valence-electron chi connectivity index (χ1n) is 6.83. The molecule has 108 valence electrons. The number of benzene rings is 1. The highest BCUT2D eigenvalue weighted by molar-refractivity contribution is 5.95. The molecule has 20 heavy (non-hydrogen) atoms. The molecule has 1 N–H and O–H groups in total. The number of aryl methyl sites for hydroxylation is 1. The number of carbonyl (C=O) groups is 2. The minimum atomic E-state index is -0.0343. The van der Waals surface area contributed by atoms with Crippen LogP contribution in [0.3, 0.4) is 0 Å². The maximum absolute atomic E-state index is 12.5. The van der Waals surface area contributed by atoms with Gasteiger partial charge in [0.1, 0.15) is 5.75 Å². The minimum absolute atomic E-state index is 0.0343. The summed E-state index contributed by atoms with van der Waals surface area (Å²) >= 11 is 0. The van der Waals surface area contributed by atoms with Gasteiger partial charge in [0.25, 0.3) is 5.91 Å². The second-order valence-electron chi connectivity index (χ2n) is 5.15. The monoisotopic (exact) mass is 276 g/mol. The molecule has 0 radical (unpaired) electrons. The van der Waals surface area contributed by atoms with Crippen LogP contribution < -0.4 is 0 Å². The maximum Gasteiger partial charge on any atom is 0.254 e. The fraction of sp³-hybridized carbons (Fsp3) is 0.467. The lowest BCUT2D eigenvalue weighted by molar-refractivity contribution is -0.128. The second-order valence-corrected chi connectivity index (χ2v) is 5.15. The SMILES string of the molecule is CC(=O)N1CCCN(C(=O)c2ccc(O)cc2C)CC1. The van der Waals surface area contributed by atoms with Gasteiger partial charge in [-0.25, -0.2) is 0 Å². The molecule has 0 saturated carbocycles. The number of nitrogens with zero attached hydrogens (tertiary/aromatic N) is 2. The molecule has 5 heteroatoms. The van der Waals surface area contributed by atoms with Gasteiger partial charge in [-0.3, -0.25) is 9.59 Å². The topological polar surface area (TPSA) is 60.9 Å². The Labute approximate surface area is 118 Å². The van der Waals surface area contributed by atoms with Crippen molar-refractivity contribution < 1.29 is 14.7 Å². The predicted molar refractivity (Wildman–Crippen MR) is 75.6 cm³/mol. The van der Waals surface area contributed by atoms with Gasteiger partial charge in [0.15, 0.2) is 0 Å². The lowest BCUT2D eigenvalue weighted by Crippen LogP contribution is -2.36. The van der Waals surface area contributed by atoms with Gasteiger partial charge in [0.05, 0.1) is 0 Å². The first-order chi connectivity index (χ1) is 9.49. The highest BCUT2D eigenvalue weighted by atomic mass is 16.3. The highest BCUT2D eigenvalue weighted by Gasteiger charge is 2.22. The van der Waals surface area contributed by atoms with E-state index in [0.29, 0.717) is 31.7 Å². The van der Waals surface area contributed by atoms with E-state index in [1.54, 1.807) is 28.9 Å². The summed E-state index contributed by atoms with van der Waals surface area (Å²) in [5, 5.41) is 9.40. The van der Waals surface area contributed by atoms with E-state index in [-0.39, 0.29) is 17.6 Å². The number of hydrogen-bond donors (Lipinski definition) is 1. The van der Waals surface area contributed by atoms with E-state index in [1.165, 1.54) is 6.07 Å². The summed E-state index contributed by atoms with van der Waals surface area (Å²) in [7, 11) is 0. The molecule has 1 saturated heterocycles. The van der Waals surface area contributed by atoms with Crippen LogP contribution in [-0.4, -0.2) is 52.9 Å². The van der Waals surface area contributed by atoms with Crippen LogP contribution in [0.25, 0.3) is 0 Å². The van der Waals surface area contributed by atoms with Gasteiger partial charge in [0.2, 0.25) is 5.91 Å². The molecule has 0 bridgehead atoms. The van der Waals surface area contributed by atoms with Gasteiger partial charge in [-0.05, 0) is 37.1 Å². The van der Waals surface area contributed by atoms with Crippen molar-refractivity contribution in [3.05, 3.63) is 29.3 Å². The zero-order valence-corrected chi connectivity index (χ0v) is 11.9. The van der Waals surface area contributed by atoms with Crippen molar-refractivity contribution in [3.63, 3.8) is 0 Å². The standard InChI is InChI=1S/C15H20N2O3/c1-11-10-13(19)4-5-14(11)15(20)17-7-3-6-16(8-9-17)12(2)18/h4-5,10,19H,3,6-9H2,1-2H3. The molecule has 0 aliphatic carbocycles. The Hall–Kier alpha value is -2.04. The molecule has 2 amide bonds. The molecule has 1 aliphatic heterocycles. The lowest BCUT2D eigenvalue weighted by atomic mass is 10.1. The van der Waals surface area contributed by atoms with Crippen LogP contribution in [0.15, 0.2) is 18.2 Å². The van der Waals surface area contributed by atoms with Crippen molar-refractivity contribution in [2.45, 2.75) is 20.3 Å². The summed E-state index contributed by atoms with van der Waals surface area (Å²) in [6, 6.07) is 4.77. The van der Waals surface area contributed by atoms with E-state index in [1.807, 2.05) is 6.92 Å². The summed E-state index contributed by atoms with van der Waals surface area (Å²) in [5.41, 5.74) is 1.38. The van der Waals surface area contributed by atoms with Crippen molar-refractivity contribution in [1.29, 1.82) is 0 Å². The van der Waals surface area contributed by atoms with Crippen LogP contribution in [0.5, 0.6) is 5.75 Å². The molecular formula is C15H20N2O3. The third kappa shape index (κ3) is 3.10. The number of phenolic OH excluding ortho intramolecular Hbond substituents is 1. The molecule has 1 heterocycles. The first kappa shape index (κ1) is 14.4. The third-order valence-electron chi connectivity index (χ3n) is 3.67. The number of rotatable bonds is 1. The van der Waals surface area contributed by atoms with Crippen LogP contribution in [0.4, 0.5) is 0 Å². The van der Waals surface area contributed by atoms with E-state index in [4.69, 9.17) is 0 Å². The lowest BCUT2D eigenvalue weighted by Gasteiger charge is -2.22. The fourth-order valence-electron chi connectivity index (χ4n) is 2.49. The molecule has 1 aromatic rings. The number of amides is 2. The Morgan fingerprint density at radius 2 is 1.75 bits per heavy atom. The van der Waals surface area contributed by atoms with Gasteiger partial charge in [-0.2, -0.15) is 0 Å². The van der Waals surface area contributed by atoms with E-state index in [0.717, 1.165) is 12.0 Å². The smallest absolute Gasteiger partial charge is 0.254 e. The van der Waals surface area contributed by atoms with Gasteiger partial charge in [-0.15, -0.1) is 0 Å². The molecule has 1 aliphatic rings. The van der Waals surface area contributed by atoms with Crippen molar-refractivity contribution >= 4 is 11.8 Å². The maximum atomic E-state index is 12.5. The van der Waals surface area contributed by atoms with Crippen LogP contribution in [0, 0.1) is 6.92 Å².